The topological polar surface area (TPSA) is 88.3 Å². The second-order valence-electron chi connectivity index (χ2n) is 13.4. The molecule has 6 rings (SSSR count). The van der Waals surface area contributed by atoms with Crippen molar-refractivity contribution in [2.75, 3.05) is 36.6 Å². The van der Waals surface area contributed by atoms with Gasteiger partial charge in [0.25, 0.3) is 10.1 Å². The van der Waals surface area contributed by atoms with Gasteiger partial charge >= 0.3 is 0 Å². The van der Waals surface area contributed by atoms with E-state index < -0.39 is 10.1 Å². The SMILES string of the molecule is COOOSCC[N+]1=C(/C=C/C=C/C=C/C=C2/N(CCS(=O)(=O)O)c3ccc(-c4cccs4)cc3C2(C)C)C(C)(C)c2cc(-c3cccs3)ccc21. The number of anilines is 1. The molecule has 0 saturated heterocycles. The lowest BCUT2D eigenvalue weighted by molar-refractivity contribution is -0.449. The molecule has 12 heteroatoms. The maximum atomic E-state index is 11.8. The third kappa shape index (κ3) is 8.30. The maximum Gasteiger partial charge on any atom is 0.266 e. The van der Waals surface area contributed by atoms with Crippen molar-refractivity contribution in [2.45, 2.75) is 38.5 Å². The summed E-state index contributed by atoms with van der Waals surface area (Å²) in [7, 11) is -2.74. The fourth-order valence-corrected chi connectivity index (χ4v) is 9.21. The molecule has 0 aliphatic carbocycles. The molecule has 1 N–H and O–H groups in total. The van der Waals surface area contributed by atoms with Crippen molar-refractivity contribution in [1.29, 1.82) is 0 Å². The van der Waals surface area contributed by atoms with Gasteiger partial charge in [0.1, 0.15) is 0 Å². The first-order chi connectivity index (χ1) is 24.9. The van der Waals surface area contributed by atoms with E-state index in [-0.39, 0.29) is 23.1 Å². The summed E-state index contributed by atoms with van der Waals surface area (Å²) in [6.07, 6.45) is 14.2. The van der Waals surface area contributed by atoms with Crippen molar-refractivity contribution in [3.63, 3.8) is 0 Å². The van der Waals surface area contributed by atoms with E-state index in [1.165, 1.54) is 51.4 Å². The van der Waals surface area contributed by atoms with Gasteiger partial charge in [0, 0.05) is 62.8 Å². The van der Waals surface area contributed by atoms with E-state index in [4.69, 9.17) is 4.33 Å². The fraction of sp³-hybridized carbons (Fsp3) is 0.275. The van der Waals surface area contributed by atoms with Crippen molar-refractivity contribution in [1.82, 2.24) is 0 Å². The van der Waals surface area contributed by atoms with Crippen LogP contribution in [0, 0.1) is 0 Å². The second kappa shape index (κ2) is 16.2. The quantitative estimate of drug-likeness (QED) is 0.0243. The van der Waals surface area contributed by atoms with Crippen LogP contribution in [0.4, 0.5) is 11.4 Å². The summed E-state index contributed by atoms with van der Waals surface area (Å²) >= 11 is 4.62. The first-order valence-electron chi connectivity index (χ1n) is 16.9. The number of fused-ring (bicyclic) bond motifs is 2. The fourth-order valence-electron chi connectivity index (χ4n) is 6.93. The molecule has 52 heavy (non-hydrogen) atoms. The van der Waals surface area contributed by atoms with Gasteiger partial charge in [-0.1, -0.05) is 67.5 Å². The Labute approximate surface area is 318 Å². The lowest BCUT2D eigenvalue weighted by Crippen LogP contribution is -2.30. The number of nitrogens with zero attached hydrogens (tertiary/aromatic N) is 2. The highest BCUT2D eigenvalue weighted by Crippen LogP contribution is 2.49. The van der Waals surface area contributed by atoms with Crippen molar-refractivity contribution in [2.24, 2.45) is 0 Å². The van der Waals surface area contributed by atoms with Crippen molar-refractivity contribution in [3.8, 4) is 20.9 Å². The van der Waals surface area contributed by atoms with Gasteiger partial charge in [-0.15, -0.1) is 27.0 Å². The van der Waals surface area contributed by atoms with Crippen LogP contribution in [-0.4, -0.2) is 55.0 Å². The molecule has 0 fully saturated rings. The van der Waals surface area contributed by atoms with E-state index in [1.54, 1.807) is 22.7 Å². The van der Waals surface area contributed by atoms with Gasteiger partial charge in [-0.3, -0.25) is 4.55 Å². The molecule has 0 atom stereocenters. The molecule has 0 radical (unpaired) electrons. The molecule has 0 bridgehead atoms. The van der Waals surface area contributed by atoms with Crippen LogP contribution in [0.1, 0.15) is 38.8 Å². The van der Waals surface area contributed by atoms with E-state index in [0.29, 0.717) is 12.3 Å². The molecule has 0 spiro atoms. The summed E-state index contributed by atoms with van der Waals surface area (Å²) in [5.41, 5.74) is 8.38. The summed E-state index contributed by atoms with van der Waals surface area (Å²) in [4.78, 5) is 8.97. The van der Waals surface area contributed by atoms with E-state index in [2.05, 4.69) is 120 Å². The molecular formula is C40H43N2O6S4+. The Balaban J connectivity index is 1.23. The lowest BCUT2D eigenvalue weighted by Gasteiger charge is -2.26. The lowest BCUT2D eigenvalue weighted by atomic mass is 9.80. The number of rotatable bonds is 15. The normalized spacial score (nSPS) is 17.4. The molecule has 272 valence electrons. The molecule has 4 aromatic rings. The summed E-state index contributed by atoms with van der Waals surface area (Å²) < 4.78 is 40.5. The summed E-state index contributed by atoms with van der Waals surface area (Å²) in [5, 5.41) is 8.75. The molecule has 2 aliphatic heterocycles. The van der Waals surface area contributed by atoms with Gasteiger partial charge in [-0.2, -0.15) is 13.0 Å². The highest BCUT2D eigenvalue weighted by molar-refractivity contribution is 7.94. The highest BCUT2D eigenvalue weighted by atomic mass is 32.2. The molecule has 2 aliphatic rings. The first kappa shape index (κ1) is 38.1. The minimum absolute atomic E-state index is 0.151. The maximum absolute atomic E-state index is 11.8. The Hall–Kier alpha value is -3.59. The van der Waals surface area contributed by atoms with Crippen LogP contribution >= 0.6 is 34.7 Å². The van der Waals surface area contributed by atoms with Gasteiger partial charge < -0.3 is 4.90 Å². The van der Waals surface area contributed by atoms with Crippen molar-refractivity contribution < 1.29 is 31.8 Å². The van der Waals surface area contributed by atoms with Crippen LogP contribution in [-0.2, 0) is 35.2 Å². The molecule has 4 heterocycles. The minimum Gasteiger partial charge on any atom is -0.343 e. The molecular weight excluding hydrogens is 733 g/mol. The van der Waals surface area contributed by atoms with Crippen molar-refractivity contribution >= 4 is 61.9 Å². The highest BCUT2D eigenvalue weighted by Gasteiger charge is 2.44. The summed E-state index contributed by atoms with van der Waals surface area (Å²) in [5.74, 6) is 0.298. The number of hydrogen-bond acceptors (Lipinski definition) is 9. The molecule has 0 unspecified atom stereocenters. The zero-order valence-electron chi connectivity index (χ0n) is 29.8. The van der Waals surface area contributed by atoms with Gasteiger partial charge in [0.2, 0.25) is 5.69 Å². The smallest absolute Gasteiger partial charge is 0.266 e. The van der Waals surface area contributed by atoms with Gasteiger partial charge in [-0.25, -0.2) is 4.89 Å². The zero-order valence-corrected chi connectivity index (χ0v) is 33.1. The largest absolute Gasteiger partial charge is 0.343 e. The van der Waals surface area contributed by atoms with E-state index in [9.17, 15) is 13.0 Å². The Bertz CT molecular complexity index is 2140. The van der Waals surface area contributed by atoms with Crippen LogP contribution in [0.25, 0.3) is 20.9 Å². The molecule has 8 nitrogen and oxygen atoms in total. The van der Waals surface area contributed by atoms with Crippen molar-refractivity contribution in [3.05, 3.63) is 131 Å². The van der Waals surface area contributed by atoms with Crippen LogP contribution < -0.4 is 4.90 Å². The van der Waals surface area contributed by atoms with Gasteiger partial charge in [0.15, 0.2) is 12.3 Å². The Morgan fingerprint density at radius 1 is 0.865 bits per heavy atom. The summed E-state index contributed by atoms with van der Waals surface area (Å²) in [6, 6.07) is 21.4. The van der Waals surface area contributed by atoms with Crippen LogP contribution in [0.15, 0.2) is 120 Å². The standard InChI is InChI=1S/C40H42N2O6S4/c1-39(2)31-27-29(35-13-11-23-49-35)17-19-33(31)41(21-25-51-48-47-46-5)37(39)15-9-7-6-8-10-16-38-40(3,4)32-28-30(36-14-12-24-50-36)18-20-34(32)42(38)22-26-52(43,44)45/h6-20,23-24,27-28H,21-22,25-26H2,1-5H3/p+1. The predicted molar refractivity (Wildman–Crippen MR) is 216 cm³/mol. The molecule has 0 saturated carbocycles. The van der Waals surface area contributed by atoms with Crippen LogP contribution in [0.5, 0.6) is 0 Å². The Morgan fingerprint density at radius 3 is 2.17 bits per heavy atom. The Kier molecular flexibility index (Phi) is 11.9. The predicted octanol–water partition coefficient (Wildman–Crippen LogP) is 9.92. The van der Waals surface area contributed by atoms with Crippen LogP contribution in [0.3, 0.4) is 0 Å². The molecule has 2 aromatic carbocycles. The van der Waals surface area contributed by atoms with Gasteiger partial charge in [0.05, 0.1) is 24.0 Å². The molecule has 2 aromatic heterocycles. The third-order valence-corrected chi connectivity index (χ3v) is 12.5. The zero-order chi connectivity index (χ0) is 36.9. The average Bonchev–Trinajstić information content (AvgIpc) is 3.91. The Morgan fingerprint density at radius 2 is 1.52 bits per heavy atom. The first-order valence-corrected chi connectivity index (χ1v) is 21.2. The van der Waals surface area contributed by atoms with E-state index in [0.717, 1.165) is 22.5 Å². The number of thiophene rings is 2. The van der Waals surface area contributed by atoms with E-state index in [1.807, 2.05) is 41.3 Å². The average molecular weight is 776 g/mol. The summed E-state index contributed by atoms with van der Waals surface area (Å²) in [6.45, 7) is 9.69. The number of allylic oxidation sites excluding steroid dienone is 8. The van der Waals surface area contributed by atoms with Crippen LogP contribution in [0.2, 0.25) is 0 Å². The second-order valence-corrected chi connectivity index (χ2v) is 17.7. The molecule has 0 amide bonds. The minimum atomic E-state index is -4.14. The number of benzene rings is 2. The monoisotopic (exact) mass is 775 g/mol. The van der Waals surface area contributed by atoms with Gasteiger partial charge in [-0.05, 0) is 83.8 Å². The third-order valence-electron chi connectivity index (χ3n) is 9.46. The van der Waals surface area contributed by atoms with E-state index >= 15 is 0 Å². The number of hydrogen-bond donors (Lipinski definition) is 1.